The maximum atomic E-state index is 13.1. The maximum Gasteiger partial charge on any atom is 0.242 e. The molecular weight excluding hydrogens is 447 g/mol. The van der Waals surface area contributed by atoms with Crippen LogP contribution in [0.3, 0.4) is 0 Å². The van der Waals surface area contributed by atoms with E-state index in [1.54, 1.807) is 25.1 Å². The molecule has 2 rings (SSSR count). The number of aryl methyl sites for hydroxylation is 1. The summed E-state index contributed by atoms with van der Waals surface area (Å²) in [7, 11) is 0. The molecule has 0 heterocycles. The molecule has 7 heteroatoms. The zero-order valence-corrected chi connectivity index (χ0v) is 20.9. The molecule has 1 N–H and O–H groups in total. The third-order valence-electron chi connectivity index (χ3n) is 4.88. The Kier molecular flexibility index (Phi) is 9.41. The van der Waals surface area contributed by atoms with Crippen molar-refractivity contribution in [2.45, 2.75) is 65.6 Å². The standard InChI is InChI=1S/C25H32Cl2N2O3/c1-17-11-13-19(14-12-17)32-15-7-10-23(30)29(18(2)24(31)28-25(3,4)5)16-20-21(26)8-6-9-22(20)27/h6,8-9,11-14,18H,7,10,15-16H2,1-5H3,(H,28,31)/t18-/m1/s1. The zero-order valence-electron chi connectivity index (χ0n) is 19.4. The SMILES string of the molecule is Cc1ccc(OCCCC(=O)N(Cc2c(Cl)cccc2Cl)[C@H](C)C(=O)NC(C)(C)C)cc1. The van der Waals surface area contributed by atoms with Crippen LogP contribution in [0.5, 0.6) is 5.75 Å². The Labute approximate surface area is 201 Å². The van der Waals surface area contributed by atoms with E-state index in [1.807, 2.05) is 52.0 Å². The first-order chi connectivity index (χ1) is 15.0. The van der Waals surface area contributed by atoms with Crippen molar-refractivity contribution in [1.29, 1.82) is 0 Å². The van der Waals surface area contributed by atoms with Crippen molar-refractivity contribution in [2.75, 3.05) is 6.61 Å². The smallest absolute Gasteiger partial charge is 0.242 e. The first kappa shape index (κ1) is 26.0. The van der Waals surface area contributed by atoms with Gasteiger partial charge in [-0.1, -0.05) is 47.0 Å². The number of ether oxygens (including phenoxy) is 1. The summed E-state index contributed by atoms with van der Waals surface area (Å²) < 4.78 is 5.73. The Morgan fingerprint density at radius 3 is 2.22 bits per heavy atom. The Morgan fingerprint density at radius 1 is 1.06 bits per heavy atom. The molecule has 2 aromatic carbocycles. The van der Waals surface area contributed by atoms with Crippen LogP contribution in [0.25, 0.3) is 0 Å². The first-order valence-corrected chi connectivity index (χ1v) is 11.5. The summed E-state index contributed by atoms with van der Waals surface area (Å²) in [5.41, 5.74) is 1.36. The van der Waals surface area contributed by atoms with Gasteiger partial charge in [0.15, 0.2) is 0 Å². The number of nitrogens with zero attached hydrogens (tertiary/aromatic N) is 1. The minimum Gasteiger partial charge on any atom is -0.494 e. The van der Waals surface area contributed by atoms with Gasteiger partial charge in [-0.05, 0) is 65.3 Å². The van der Waals surface area contributed by atoms with E-state index in [0.29, 0.717) is 28.6 Å². The molecule has 0 aromatic heterocycles. The van der Waals surface area contributed by atoms with Crippen molar-refractivity contribution < 1.29 is 14.3 Å². The lowest BCUT2D eigenvalue weighted by molar-refractivity contribution is -0.141. The van der Waals surface area contributed by atoms with Gasteiger partial charge in [0.1, 0.15) is 11.8 Å². The molecule has 0 saturated carbocycles. The van der Waals surface area contributed by atoms with E-state index in [2.05, 4.69) is 5.32 Å². The minimum absolute atomic E-state index is 0.148. The predicted octanol–water partition coefficient (Wildman–Crippen LogP) is 5.79. The topological polar surface area (TPSA) is 58.6 Å². The second kappa shape index (κ2) is 11.6. The summed E-state index contributed by atoms with van der Waals surface area (Å²) >= 11 is 12.7. The molecule has 0 fully saturated rings. The Bertz CT molecular complexity index is 904. The van der Waals surface area contributed by atoms with E-state index in [4.69, 9.17) is 27.9 Å². The molecule has 5 nitrogen and oxygen atoms in total. The van der Waals surface area contributed by atoms with E-state index in [9.17, 15) is 9.59 Å². The summed E-state index contributed by atoms with van der Waals surface area (Å²) in [6, 6.07) is 12.3. The number of benzene rings is 2. The summed E-state index contributed by atoms with van der Waals surface area (Å²) in [4.78, 5) is 27.5. The van der Waals surface area contributed by atoms with Crippen molar-refractivity contribution in [2.24, 2.45) is 0 Å². The largest absolute Gasteiger partial charge is 0.494 e. The highest BCUT2D eigenvalue weighted by Crippen LogP contribution is 2.27. The molecule has 0 radical (unpaired) electrons. The normalized spacial score (nSPS) is 12.2. The third-order valence-corrected chi connectivity index (χ3v) is 5.59. The van der Waals surface area contributed by atoms with E-state index in [1.165, 1.54) is 4.90 Å². The fraction of sp³-hybridized carbons (Fsp3) is 0.440. The number of carbonyl (C=O) groups is 2. The molecule has 174 valence electrons. The van der Waals surface area contributed by atoms with Crippen LogP contribution < -0.4 is 10.1 Å². The van der Waals surface area contributed by atoms with Crippen LogP contribution in [-0.4, -0.2) is 34.9 Å². The minimum atomic E-state index is -0.688. The second-order valence-corrected chi connectivity index (χ2v) is 9.72. The number of amides is 2. The van der Waals surface area contributed by atoms with Gasteiger partial charge in [-0.2, -0.15) is 0 Å². The van der Waals surface area contributed by atoms with Crippen molar-refractivity contribution in [3.63, 3.8) is 0 Å². The van der Waals surface area contributed by atoms with Crippen LogP contribution in [0.15, 0.2) is 42.5 Å². The molecule has 0 unspecified atom stereocenters. The maximum absolute atomic E-state index is 13.1. The van der Waals surface area contributed by atoms with Crippen LogP contribution in [0.4, 0.5) is 0 Å². The van der Waals surface area contributed by atoms with Crippen molar-refractivity contribution in [3.8, 4) is 5.75 Å². The summed E-state index contributed by atoms with van der Waals surface area (Å²) in [6.07, 6.45) is 0.758. The Hall–Kier alpha value is -2.24. The van der Waals surface area contributed by atoms with Gasteiger partial charge in [-0.25, -0.2) is 0 Å². The van der Waals surface area contributed by atoms with Gasteiger partial charge in [-0.3, -0.25) is 9.59 Å². The van der Waals surface area contributed by atoms with Gasteiger partial charge >= 0.3 is 0 Å². The van der Waals surface area contributed by atoms with E-state index < -0.39 is 11.6 Å². The van der Waals surface area contributed by atoms with Crippen LogP contribution in [0.2, 0.25) is 10.0 Å². The van der Waals surface area contributed by atoms with Gasteiger partial charge in [0.05, 0.1) is 6.61 Å². The Balaban J connectivity index is 2.09. The first-order valence-electron chi connectivity index (χ1n) is 10.7. The number of nitrogens with one attached hydrogen (secondary N) is 1. The molecule has 2 amide bonds. The summed E-state index contributed by atoms with van der Waals surface area (Å²) in [6.45, 7) is 9.98. The molecule has 0 aliphatic heterocycles. The van der Waals surface area contributed by atoms with E-state index in [-0.39, 0.29) is 24.8 Å². The van der Waals surface area contributed by atoms with Crippen molar-refractivity contribution in [3.05, 3.63) is 63.6 Å². The lowest BCUT2D eigenvalue weighted by atomic mass is 10.1. The van der Waals surface area contributed by atoms with Crippen molar-refractivity contribution in [1.82, 2.24) is 10.2 Å². The number of halogens is 2. The lowest BCUT2D eigenvalue weighted by Crippen LogP contribution is -2.52. The van der Waals surface area contributed by atoms with Crippen LogP contribution in [-0.2, 0) is 16.1 Å². The van der Waals surface area contributed by atoms with Crippen LogP contribution in [0, 0.1) is 6.92 Å². The number of carbonyl (C=O) groups excluding carboxylic acids is 2. The molecule has 2 aromatic rings. The molecule has 0 bridgehead atoms. The highest BCUT2D eigenvalue weighted by atomic mass is 35.5. The highest BCUT2D eigenvalue weighted by Gasteiger charge is 2.29. The third kappa shape index (κ3) is 8.03. The highest BCUT2D eigenvalue weighted by molar-refractivity contribution is 6.36. The van der Waals surface area contributed by atoms with Gasteiger partial charge in [0, 0.05) is 34.1 Å². The molecule has 0 saturated heterocycles. The summed E-state index contributed by atoms with van der Waals surface area (Å²) in [5.74, 6) is 0.371. The molecule has 32 heavy (non-hydrogen) atoms. The fourth-order valence-electron chi connectivity index (χ4n) is 3.10. The predicted molar refractivity (Wildman–Crippen MR) is 130 cm³/mol. The molecule has 0 aliphatic rings. The van der Waals surface area contributed by atoms with Crippen molar-refractivity contribution >= 4 is 35.0 Å². The number of hydrogen-bond acceptors (Lipinski definition) is 3. The van der Waals surface area contributed by atoms with Crippen LogP contribution >= 0.6 is 23.2 Å². The quantitative estimate of drug-likeness (QED) is 0.463. The van der Waals surface area contributed by atoms with Gasteiger partial charge in [0.25, 0.3) is 0 Å². The monoisotopic (exact) mass is 478 g/mol. The fourth-order valence-corrected chi connectivity index (χ4v) is 3.62. The zero-order chi connectivity index (χ0) is 23.9. The Morgan fingerprint density at radius 2 is 1.66 bits per heavy atom. The number of rotatable bonds is 9. The number of hydrogen-bond donors (Lipinski definition) is 1. The van der Waals surface area contributed by atoms with E-state index >= 15 is 0 Å². The molecule has 1 atom stereocenters. The lowest BCUT2D eigenvalue weighted by Gasteiger charge is -2.32. The average Bonchev–Trinajstić information content (AvgIpc) is 2.70. The van der Waals surface area contributed by atoms with Gasteiger partial charge in [0.2, 0.25) is 11.8 Å². The molecule has 0 spiro atoms. The van der Waals surface area contributed by atoms with E-state index in [0.717, 1.165) is 11.3 Å². The summed E-state index contributed by atoms with van der Waals surface area (Å²) in [5, 5.41) is 3.86. The molecule has 0 aliphatic carbocycles. The molecular formula is C25H32Cl2N2O3. The second-order valence-electron chi connectivity index (χ2n) is 8.90. The average molecular weight is 479 g/mol. The van der Waals surface area contributed by atoms with Gasteiger partial charge < -0.3 is 15.0 Å². The van der Waals surface area contributed by atoms with Gasteiger partial charge in [-0.15, -0.1) is 0 Å². The van der Waals surface area contributed by atoms with Crippen LogP contribution in [0.1, 0.15) is 51.7 Å².